The van der Waals surface area contributed by atoms with Gasteiger partial charge in [-0.15, -0.1) is 11.3 Å². The number of hydrogen-bond donors (Lipinski definition) is 2. The number of thiophene rings is 1. The van der Waals surface area contributed by atoms with E-state index in [2.05, 4.69) is 23.7 Å². The van der Waals surface area contributed by atoms with Gasteiger partial charge in [0.2, 0.25) is 0 Å². The Morgan fingerprint density at radius 3 is 2.86 bits per heavy atom. The van der Waals surface area contributed by atoms with Crippen molar-refractivity contribution in [2.24, 2.45) is 0 Å². The van der Waals surface area contributed by atoms with Crippen LogP contribution >= 0.6 is 22.9 Å². The Labute approximate surface area is 134 Å². The molecule has 0 saturated heterocycles. The van der Waals surface area contributed by atoms with Crippen LogP contribution in [-0.4, -0.2) is 19.5 Å². The second kappa shape index (κ2) is 7.59. The van der Waals surface area contributed by atoms with E-state index >= 15 is 0 Å². The number of nitrogens with one attached hydrogen (secondary N) is 2. The van der Waals surface area contributed by atoms with E-state index in [9.17, 15) is 4.79 Å². The number of likely N-dealkylation sites (N-methyl/N-ethyl adjacent to an activating group) is 1. The van der Waals surface area contributed by atoms with Crippen molar-refractivity contribution in [1.82, 2.24) is 5.32 Å². The second-order valence-corrected chi connectivity index (χ2v) is 6.68. The van der Waals surface area contributed by atoms with Crippen LogP contribution in [0, 0.1) is 6.92 Å². The number of quaternary nitrogens is 1. The van der Waals surface area contributed by atoms with Gasteiger partial charge in [-0.05, 0) is 41.6 Å². The van der Waals surface area contributed by atoms with Crippen LogP contribution in [0.4, 0.5) is 0 Å². The van der Waals surface area contributed by atoms with Gasteiger partial charge in [0.05, 0.1) is 11.9 Å². The molecule has 21 heavy (non-hydrogen) atoms. The summed E-state index contributed by atoms with van der Waals surface area (Å²) < 4.78 is 0. The molecule has 1 aromatic heterocycles. The summed E-state index contributed by atoms with van der Waals surface area (Å²) in [7, 11) is 2.04. The zero-order valence-corrected chi connectivity index (χ0v) is 13.9. The van der Waals surface area contributed by atoms with E-state index in [1.807, 2.05) is 31.3 Å². The fraction of sp³-hybridized carbons (Fsp3) is 0.312. The van der Waals surface area contributed by atoms with Crippen LogP contribution < -0.4 is 10.2 Å². The number of benzene rings is 1. The summed E-state index contributed by atoms with van der Waals surface area (Å²) >= 11 is 7.67. The lowest BCUT2D eigenvalue weighted by Crippen LogP contribution is -3.08. The number of carbonyl (C=O) groups is 1. The Balaban J connectivity index is 1.77. The second-order valence-electron chi connectivity index (χ2n) is 5.24. The number of aryl methyl sites for hydroxylation is 1. The van der Waals surface area contributed by atoms with Crippen molar-refractivity contribution in [2.45, 2.75) is 20.0 Å². The Hall–Kier alpha value is -1.36. The molecule has 0 fully saturated rings. The zero-order valence-electron chi connectivity index (χ0n) is 12.3. The molecule has 1 atom stereocenters. The molecule has 0 radical (unpaired) electrons. The molecule has 1 aromatic carbocycles. The molecule has 0 bridgehead atoms. The molecule has 0 saturated carbocycles. The third kappa shape index (κ3) is 5.16. The van der Waals surface area contributed by atoms with Crippen LogP contribution in [0.3, 0.4) is 0 Å². The highest BCUT2D eigenvalue weighted by atomic mass is 35.5. The van der Waals surface area contributed by atoms with Crippen molar-refractivity contribution < 1.29 is 9.69 Å². The average molecular weight is 324 g/mol. The molecule has 112 valence electrons. The van der Waals surface area contributed by atoms with Crippen molar-refractivity contribution in [3.63, 3.8) is 0 Å². The van der Waals surface area contributed by atoms with Crippen molar-refractivity contribution in [3.8, 4) is 0 Å². The van der Waals surface area contributed by atoms with Crippen LogP contribution in [0.5, 0.6) is 0 Å². The van der Waals surface area contributed by atoms with Gasteiger partial charge in [0, 0.05) is 11.6 Å². The summed E-state index contributed by atoms with van der Waals surface area (Å²) in [5.74, 6) is 0.0571. The molecule has 1 amide bonds. The lowest BCUT2D eigenvalue weighted by molar-refractivity contribution is -0.885. The minimum absolute atomic E-state index is 0.0571. The minimum Gasteiger partial charge on any atom is -0.347 e. The van der Waals surface area contributed by atoms with Crippen molar-refractivity contribution in [1.29, 1.82) is 0 Å². The van der Waals surface area contributed by atoms with Gasteiger partial charge < -0.3 is 10.2 Å². The van der Waals surface area contributed by atoms with Gasteiger partial charge in [-0.3, -0.25) is 4.79 Å². The topological polar surface area (TPSA) is 33.5 Å². The first-order valence-electron chi connectivity index (χ1n) is 6.90. The van der Waals surface area contributed by atoms with Crippen LogP contribution in [0.1, 0.15) is 16.0 Å². The first-order valence-corrected chi connectivity index (χ1v) is 8.16. The Morgan fingerprint density at radius 1 is 1.38 bits per heavy atom. The molecule has 2 aromatic rings. The fourth-order valence-electron chi connectivity index (χ4n) is 2.11. The van der Waals surface area contributed by atoms with Crippen LogP contribution in [0.15, 0.2) is 35.7 Å². The normalized spacial score (nSPS) is 12.1. The van der Waals surface area contributed by atoms with E-state index in [0.717, 1.165) is 12.1 Å². The third-order valence-electron chi connectivity index (χ3n) is 3.27. The largest absolute Gasteiger partial charge is 0.347 e. The summed E-state index contributed by atoms with van der Waals surface area (Å²) in [5, 5.41) is 5.72. The molecule has 2 N–H and O–H groups in total. The summed E-state index contributed by atoms with van der Waals surface area (Å²) in [6, 6.07) is 9.66. The van der Waals surface area contributed by atoms with Crippen LogP contribution in [-0.2, 0) is 17.9 Å². The maximum absolute atomic E-state index is 12.0. The summed E-state index contributed by atoms with van der Waals surface area (Å²) in [6.45, 7) is 3.98. The molecule has 0 spiro atoms. The Kier molecular flexibility index (Phi) is 5.79. The predicted molar refractivity (Wildman–Crippen MR) is 87.8 cm³/mol. The summed E-state index contributed by atoms with van der Waals surface area (Å²) in [4.78, 5) is 14.5. The molecule has 0 aliphatic rings. The highest BCUT2D eigenvalue weighted by Gasteiger charge is 2.12. The van der Waals surface area contributed by atoms with Gasteiger partial charge >= 0.3 is 0 Å². The Morgan fingerprint density at radius 2 is 2.19 bits per heavy atom. The lowest BCUT2D eigenvalue weighted by atomic mass is 10.2. The van der Waals surface area contributed by atoms with E-state index < -0.39 is 0 Å². The van der Waals surface area contributed by atoms with Gasteiger partial charge in [0.15, 0.2) is 6.54 Å². The highest BCUT2D eigenvalue weighted by Crippen LogP contribution is 2.13. The number of hydrogen-bond acceptors (Lipinski definition) is 2. The quantitative estimate of drug-likeness (QED) is 0.838. The maximum Gasteiger partial charge on any atom is 0.275 e. The fourth-order valence-corrected chi connectivity index (χ4v) is 3.34. The molecule has 0 aliphatic carbocycles. The standard InChI is InChI=1S/C16H19ClN2OS/c1-12-6-7-21-15(12)10-19(2)11-16(20)18-9-13-4-3-5-14(17)8-13/h3-8H,9-11H2,1-2H3,(H,18,20)/p+1. The van der Waals surface area contributed by atoms with E-state index in [-0.39, 0.29) is 5.91 Å². The first-order chi connectivity index (χ1) is 10.0. The third-order valence-corrected chi connectivity index (χ3v) is 4.53. The predicted octanol–water partition coefficient (Wildman–Crippen LogP) is 2.04. The number of rotatable bonds is 6. The Bertz CT molecular complexity index is 612. The molecule has 3 nitrogen and oxygen atoms in total. The molecule has 1 unspecified atom stereocenters. The number of amides is 1. The maximum atomic E-state index is 12.0. The molecule has 2 rings (SSSR count). The summed E-state index contributed by atoms with van der Waals surface area (Å²) in [6.07, 6.45) is 0. The average Bonchev–Trinajstić information content (AvgIpc) is 2.82. The van der Waals surface area contributed by atoms with Gasteiger partial charge in [0.25, 0.3) is 5.91 Å². The van der Waals surface area contributed by atoms with Crippen molar-refractivity contribution >= 4 is 28.8 Å². The number of halogens is 1. The minimum atomic E-state index is 0.0571. The van der Waals surface area contributed by atoms with Crippen molar-refractivity contribution in [2.75, 3.05) is 13.6 Å². The zero-order chi connectivity index (χ0) is 15.2. The molecule has 0 aliphatic heterocycles. The van der Waals surface area contributed by atoms with Crippen LogP contribution in [0.2, 0.25) is 5.02 Å². The molecular formula is C16H20ClN2OS+. The van der Waals surface area contributed by atoms with E-state index in [0.29, 0.717) is 18.1 Å². The SMILES string of the molecule is Cc1ccsc1C[NH+](C)CC(=O)NCc1cccc(Cl)c1. The lowest BCUT2D eigenvalue weighted by Gasteiger charge is -2.13. The number of carbonyl (C=O) groups excluding carboxylic acids is 1. The van der Waals surface area contributed by atoms with Gasteiger partial charge in [-0.2, -0.15) is 0 Å². The molecule has 5 heteroatoms. The van der Waals surface area contributed by atoms with Gasteiger partial charge in [0.1, 0.15) is 6.54 Å². The van der Waals surface area contributed by atoms with Gasteiger partial charge in [-0.25, -0.2) is 0 Å². The molecule has 1 heterocycles. The van der Waals surface area contributed by atoms with Crippen LogP contribution in [0.25, 0.3) is 0 Å². The van der Waals surface area contributed by atoms with E-state index in [1.165, 1.54) is 15.3 Å². The smallest absolute Gasteiger partial charge is 0.275 e. The first kappa shape index (κ1) is 16.0. The summed E-state index contributed by atoms with van der Waals surface area (Å²) in [5.41, 5.74) is 2.32. The van der Waals surface area contributed by atoms with E-state index in [1.54, 1.807) is 11.3 Å². The monoisotopic (exact) mass is 323 g/mol. The molecular weight excluding hydrogens is 304 g/mol. The van der Waals surface area contributed by atoms with E-state index in [4.69, 9.17) is 11.6 Å². The van der Waals surface area contributed by atoms with Gasteiger partial charge in [-0.1, -0.05) is 23.7 Å². The van der Waals surface area contributed by atoms with Crippen molar-refractivity contribution in [3.05, 3.63) is 56.7 Å². The highest BCUT2D eigenvalue weighted by molar-refractivity contribution is 7.10.